The Labute approximate surface area is 172 Å². The van der Waals surface area contributed by atoms with Gasteiger partial charge in [0.1, 0.15) is 5.76 Å². The summed E-state index contributed by atoms with van der Waals surface area (Å²) >= 11 is 0. The molecule has 0 spiro atoms. The zero-order valence-electron chi connectivity index (χ0n) is 17.3. The summed E-state index contributed by atoms with van der Waals surface area (Å²) < 4.78 is 5.41. The average molecular weight is 405 g/mol. The monoisotopic (exact) mass is 404 g/mol. The first kappa shape index (κ1) is 21.4. The second kappa shape index (κ2) is 10.4. The number of nitrogens with zero attached hydrogens (tertiary/aromatic N) is 3. The van der Waals surface area contributed by atoms with Gasteiger partial charge in [-0.3, -0.25) is 19.3 Å². The molecule has 0 bridgehead atoms. The Morgan fingerprint density at radius 1 is 1.07 bits per heavy atom. The average Bonchev–Trinajstić information content (AvgIpc) is 3.04. The van der Waals surface area contributed by atoms with Gasteiger partial charge in [0.2, 0.25) is 11.8 Å². The SMILES string of the molecule is Cc1ccc(C(=O)N2CCN(CC(=O)NCCCN3CCCCCC3=O)CC2)o1. The van der Waals surface area contributed by atoms with Crippen molar-refractivity contribution in [1.82, 2.24) is 20.0 Å². The summed E-state index contributed by atoms with van der Waals surface area (Å²) in [4.78, 5) is 42.3. The van der Waals surface area contributed by atoms with Crippen molar-refractivity contribution in [1.29, 1.82) is 0 Å². The molecule has 0 radical (unpaired) electrons. The minimum Gasteiger partial charge on any atom is -0.456 e. The van der Waals surface area contributed by atoms with Crippen LogP contribution in [-0.2, 0) is 9.59 Å². The fraction of sp³-hybridized carbons (Fsp3) is 0.667. The van der Waals surface area contributed by atoms with Crippen molar-refractivity contribution in [2.45, 2.75) is 39.0 Å². The third kappa shape index (κ3) is 6.32. The van der Waals surface area contributed by atoms with E-state index in [1.165, 1.54) is 0 Å². The van der Waals surface area contributed by atoms with E-state index in [9.17, 15) is 14.4 Å². The summed E-state index contributed by atoms with van der Waals surface area (Å²) in [5.74, 6) is 1.24. The van der Waals surface area contributed by atoms with Gasteiger partial charge in [0.25, 0.3) is 5.91 Å². The number of hydrogen-bond donors (Lipinski definition) is 1. The Hall–Kier alpha value is -2.35. The smallest absolute Gasteiger partial charge is 0.289 e. The lowest BCUT2D eigenvalue weighted by atomic mass is 10.2. The van der Waals surface area contributed by atoms with Crippen LogP contribution in [0.2, 0.25) is 0 Å². The van der Waals surface area contributed by atoms with E-state index < -0.39 is 0 Å². The largest absolute Gasteiger partial charge is 0.456 e. The molecule has 1 aromatic rings. The topological polar surface area (TPSA) is 86.1 Å². The number of piperazine rings is 1. The molecule has 3 amide bonds. The van der Waals surface area contributed by atoms with Gasteiger partial charge in [0.05, 0.1) is 6.54 Å². The predicted molar refractivity (Wildman–Crippen MR) is 108 cm³/mol. The van der Waals surface area contributed by atoms with E-state index in [1.807, 2.05) is 11.8 Å². The Bertz CT molecular complexity index is 709. The molecule has 2 aliphatic rings. The minimum atomic E-state index is -0.0924. The molecule has 8 heteroatoms. The summed E-state index contributed by atoms with van der Waals surface area (Å²) in [6.07, 6.45) is 4.62. The van der Waals surface area contributed by atoms with Crippen molar-refractivity contribution in [3.8, 4) is 0 Å². The lowest BCUT2D eigenvalue weighted by molar-refractivity contribution is -0.130. The summed E-state index contributed by atoms with van der Waals surface area (Å²) in [6, 6.07) is 3.49. The fourth-order valence-corrected chi connectivity index (χ4v) is 3.85. The van der Waals surface area contributed by atoms with Crippen molar-refractivity contribution in [3.05, 3.63) is 23.7 Å². The van der Waals surface area contributed by atoms with Crippen LogP contribution in [0.15, 0.2) is 16.5 Å². The summed E-state index contributed by atoms with van der Waals surface area (Å²) in [6.45, 7) is 6.80. The highest BCUT2D eigenvalue weighted by Crippen LogP contribution is 2.12. The van der Waals surface area contributed by atoms with Crippen LogP contribution in [0.3, 0.4) is 0 Å². The molecule has 1 aromatic heterocycles. The van der Waals surface area contributed by atoms with Crippen molar-refractivity contribution >= 4 is 17.7 Å². The zero-order valence-corrected chi connectivity index (χ0v) is 17.3. The third-order valence-corrected chi connectivity index (χ3v) is 5.58. The number of nitrogens with one attached hydrogen (secondary N) is 1. The predicted octanol–water partition coefficient (Wildman–Crippen LogP) is 1.25. The van der Waals surface area contributed by atoms with E-state index in [2.05, 4.69) is 10.2 Å². The fourth-order valence-electron chi connectivity index (χ4n) is 3.85. The summed E-state index contributed by atoms with van der Waals surface area (Å²) in [5, 5.41) is 2.95. The molecule has 1 N–H and O–H groups in total. The number of aryl methyl sites for hydroxylation is 1. The molecule has 2 fully saturated rings. The van der Waals surface area contributed by atoms with Crippen LogP contribution in [0.5, 0.6) is 0 Å². The van der Waals surface area contributed by atoms with E-state index in [-0.39, 0.29) is 17.7 Å². The molecule has 0 unspecified atom stereocenters. The number of carbonyl (C=O) groups excluding carboxylic acids is 3. The molecule has 3 heterocycles. The highest BCUT2D eigenvalue weighted by atomic mass is 16.3. The first-order valence-corrected chi connectivity index (χ1v) is 10.7. The Balaban J connectivity index is 1.30. The number of hydrogen-bond acceptors (Lipinski definition) is 5. The first-order chi connectivity index (χ1) is 14.0. The Kier molecular flexibility index (Phi) is 7.69. The maximum Gasteiger partial charge on any atom is 0.289 e. The zero-order chi connectivity index (χ0) is 20.6. The highest BCUT2D eigenvalue weighted by molar-refractivity contribution is 5.91. The van der Waals surface area contributed by atoms with Crippen LogP contribution in [0.1, 0.15) is 48.4 Å². The third-order valence-electron chi connectivity index (χ3n) is 5.58. The summed E-state index contributed by atoms with van der Waals surface area (Å²) in [5.41, 5.74) is 0. The van der Waals surface area contributed by atoms with Gasteiger partial charge in [0, 0.05) is 52.2 Å². The number of likely N-dealkylation sites (tertiary alicyclic amines) is 1. The van der Waals surface area contributed by atoms with Gasteiger partial charge in [-0.25, -0.2) is 0 Å². The van der Waals surface area contributed by atoms with Crippen molar-refractivity contribution in [2.24, 2.45) is 0 Å². The van der Waals surface area contributed by atoms with Gasteiger partial charge in [-0.2, -0.15) is 0 Å². The van der Waals surface area contributed by atoms with Crippen LogP contribution < -0.4 is 5.32 Å². The van der Waals surface area contributed by atoms with Gasteiger partial charge in [0.15, 0.2) is 5.76 Å². The molecular weight excluding hydrogens is 372 g/mol. The van der Waals surface area contributed by atoms with Crippen LogP contribution in [0.4, 0.5) is 0 Å². The molecule has 0 atom stereocenters. The van der Waals surface area contributed by atoms with Gasteiger partial charge in [-0.1, -0.05) is 6.42 Å². The first-order valence-electron chi connectivity index (χ1n) is 10.7. The van der Waals surface area contributed by atoms with Gasteiger partial charge in [-0.05, 0) is 38.3 Å². The van der Waals surface area contributed by atoms with E-state index in [1.54, 1.807) is 17.0 Å². The van der Waals surface area contributed by atoms with Crippen molar-refractivity contribution in [2.75, 3.05) is 52.4 Å². The molecule has 160 valence electrons. The molecule has 0 aromatic carbocycles. The molecule has 3 rings (SSSR count). The molecule has 2 aliphatic heterocycles. The van der Waals surface area contributed by atoms with Gasteiger partial charge >= 0.3 is 0 Å². The molecule has 29 heavy (non-hydrogen) atoms. The number of amides is 3. The number of carbonyl (C=O) groups is 3. The lowest BCUT2D eigenvalue weighted by Crippen LogP contribution is -2.51. The minimum absolute atomic E-state index is 0.00590. The number of furan rings is 1. The van der Waals surface area contributed by atoms with E-state index in [0.717, 1.165) is 38.0 Å². The van der Waals surface area contributed by atoms with E-state index in [0.29, 0.717) is 58.0 Å². The highest BCUT2D eigenvalue weighted by Gasteiger charge is 2.25. The van der Waals surface area contributed by atoms with E-state index in [4.69, 9.17) is 4.42 Å². The Morgan fingerprint density at radius 3 is 2.59 bits per heavy atom. The summed E-state index contributed by atoms with van der Waals surface area (Å²) in [7, 11) is 0. The second-order valence-electron chi connectivity index (χ2n) is 7.87. The Morgan fingerprint density at radius 2 is 1.86 bits per heavy atom. The maximum atomic E-state index is 12.4. The van der Waals surface area contributed by atoms with Crippen molar-refractivity contribution < 1.29 is 18.8 Å². The number of rotatable bonds is 7. The lowest BCUT2D eigenvalue weighted by Gasteiger charge is -2.33. The molecular formula is C21H32N4O4. The molecule has 8 nitrogen and oxygen atoms in total. The second-order valence-corrected chi connectivity index (χ2v) is 7.87. The van der Waals surface area contributed by atoms with Crippen molar-refractivity contribution in [3.63, 3.8) is 0 Å². The molecule has 0 saturated carbocycles. The van der Waals surface area contributed by atoms with Gasteiger partial charge in [-0.15, -0.1) is 0 Å². The van der Waals surface area contributed by atoms with Crippen LogP contribution in [-0.4, -0.2) is 84.8 Å². The van der Waals surface area contributed by atoms with Crippen LogP contribution >= 0.6 is 0 Å². The maximum absolute atomic E-state index is 12.4. The van der Waals surface area contributed by atoms with E-state index >= 15 is 0 Å². The van der Waals surface area contributed by atoms with Gasteiger partial charge < -0.3 is 19.5 Å². The van der Waals surface area contributed by atoms with Crippen LogP contribution in [0, 0.1) is 6.92 Å². The normalized spacial score (nSPS) is 18.6. The molecule has 2 saturated heterocycles. The molecule has 0 aliphatic carbocycles. The standard InChI is InChI=1S/C21H32N4O4/c1-17-7-8-18(29-17)21(28)25-14-12-23(13-15-25)16-19(26)22-9-5-11-24-10-4-2-3-6-20(24)27/h7-8H,2-6,9-16H2,1H3,(H,22,26). The quantitative estimate of drug-likeness (QED) is 0.692. The van der Waals surface area contributed by atoms with Crippen LogP contribution in [0.25, 0.3) is 0 Å².